The molecule has 0 saturated carbocycles. The van der Waals surface area contributed by atoms with Crippen molar-refractivity contribution >= 4 is 17.4 Å². The highest BCUT2D eigenvalue weighted by Gasteiger charge is 2.22. The first-order chi connectivity index (χ1) is 7.68. The first-order valence-corrected chi connectivity index (χ1v) is 5.34. The van der Waals surface area contributed by atoms with Gasteiger partial charge in [-0.15, -0.1) is 0 Å². The van der Waals surface area contributed by atoms with Crippen molar-refractivity contribution in [2.75, 3.05) is 18.0 Å². The molecule has 0 atom stereocenters. The zero-order valence-electron chi connectivity index (χ0n) is 8.98. The number of carbonyl (C=O) groups excluding carboxylic acids is 2. The molecular formula is C12H14N2O2. The number of rotatable bonds is 3. The van der Waals surface area contributed by atoms with E-state index in [0.29, 0.717) is 25.9 Å². The van der Waals surface area contributed by atoms with Crippen molar-refractivity contribution in [2.45, 2.75) is 12.8 Å². The Hall–Kier alpha value is -1.84. The summed E-state index contributed by atoms with van der Waals surface area (Å²) in [6.07, 6.45) is 0.832. The molecule has 0 unspecified atom stereocenters. The third-order valence-electron chi connectivity index (χ3n) is 2.78. The van der Waals surface area contributed by atoms with Gasteiger partial charge in [-0.1, -0.05) is 12.1 Å². The molecule has 0 aliphatic carbocycles. The number of primary amides is 1. The highest BCUT2D eigenvalue weighted by Crippen LogP contribution is 2.26. The van der Waals surface area contributed by atoms with Crippen LogP contribution in [0.1, 0.15) is 23.2 Å². The molecule has 0 radical (unpaired) electrons. The van der Waals surface area contributed by atoms with Gasteiger partial charge in [0, 0.05) is 37.2 Å². The van der Waals surface area contributed by atoms with Crippen LogP contribution in [0.25, 0.3) is 0 Å². The summed E-state index contributed by atoms with van der Waals surface area (Å²) in [5, 5.41) is 0. The Balaban J connectivity index is 2.21. The van der Waals surface area contributed by atoms with E-state index < -0.39 is 0 Å². The Morgan fingerprint density at radius 2 is 2.12 bits per heavy atom. The molecule has 4 heteroatoms. The molecule has 1 aliphatic rings. The van der Waals surface area contributed by atoms with E-state index in [1.54, 1.807) is 0 Å². The highest BCUT2D eigenvalue weighted by molar-refractivity contribution is 6.03. The van der Waals surface area contributed by atoms with Gasteiger partial charge in [-0.3, -0.25) is 9.59 Å². The van der Waals surface area contributed by atoms with Crippen molar-refractivity contribution in [3.8, 4) is 0 Å². The van der Waals surface area contributed by atoms with Gasteiger partial charge in [0.1, 0.15) is 0 Å². The van der Waals surface area contributed by atoms with Crippen LogP contribution < -0.4 is 10.6 Å². The second kappa shape index (κ2) is 4.35. The van der Waals surface area contributed by atoms with Crippen molar-refractivity contribution in [1.29, 1.82) is 0 Å². The van der Waals surface area contributed by atoms with Gasteiger partial charge in [-0.05, 0) is 12.1 Å². The molecule has 1 aromatic rings. The zero-order valence-corrected chi connectivity index (χ0v) is 8.98. The average Bonchev–Trinajstić information content (AvgIpc) is 2.28. The number of amides is 1. The number of ketones is 1. The lowest BCUT2D eigenvalue weighted by atomic mass is 10.0. The number of benzene rings is 1. The first-order valence-electron chi connectivity index (χ1n) is 5.34. The van der Waals surface area contributed by atoms with Crippen molar-refractivity contribution in [3.63, 3.8) is 0 Å². The van der Waals surface area contributed by atoms with E-state index >= 15 is 0 Å². The molecule has 0 spiro atoms. The summed E-state index contributed by atoms with van der Waals surface area (Å²) >= 11 is 0. The minimum absolute atomic E-state index is 0.172. The number of fused-ring (bicyclic) bond motifs is 1. The molecule has 0 saturated heterocycles. The lowest BCUT2D eigenvalue weighted by Gasteiger charge is -2.30. The molecule has 4 nitrogen and oxygen atoms in total. The molecule has 84 valence electrons. The fraction of sp³-hybridized carbons (Fsp3) is 0.333. The molecule has 1 aromatic carbocycles. The molecule has 1 heterocycles. The number of hydrogen-bond acceptors (Lipinski definition) is 3. The largest absolute Gasteiger partial charge is 0.370 e. The maximum absolute atomic E-state index is 11.7. The zero-order chi connectivity index (χ0) is 11.5. The Kier molecular flexibility index (Phi) is 2.90. The van der Waals surface area contributed by atoms with Crippen LogP contribution in [-0.2, 0) is 4.79 Å². The van der Waals surface area contributed by atoms with Crippen molar-refractivity contribution < 1.29 is 9.59 Å². The minimum Gasteiger partial charge on any atom is -0.370 e. The lowest BCUT2D eigenvalue weighted by molar-refractivity contribution is -0.117. The van der Waals surface area contributed by atoms with E-state index in [4.69, 9.17) is 5.73 Å². The number of nitrogens with two attached hydrogens (primary N) is 1. The van der Waals surface area contributed by atoms with Gasteiger partial charge >= 0.3 is 0 Å². The van der Waals surface area contributed by atoms with Gasteiger partial charge in [0.05, 0.1) is 0 Å². The molecule has 2 N–H and O–H groups in total. The van der Waals surface area contributed by atoms with E-state index in [0.717, 1.165) is 11.3 Å². The third-order valence-corrected chi connectivity index (χ3v) is 2.78. The fourth-order valence-corrected chi connectivity index (χ4v) is 1.95. The van der Waals surface area contributed by atoms with Gasteiger partial charge in [0.25, 0.3) is 0 Å². The Morgan fingerprint density at radius 3 is 2.88 bits per heavy atom. The van der Waals surface area contributed by atoms with Gasteiger partial charge in [0.2, 0.25) is 5.91 Å². The Bertz CT molecular complexity index is 429. The van der Waals surface area contributed by atoms with Crippen molar-refractivity contribution in [1.82, 2.24) is 0 Å². The summed E-state index contributed by atoms with van der Waals surface area (Å²) in [6.45, 7) is 1.25. The van der Waals surface area contributed by atoms with E-state index in [1.807, 2.05) is 29.2 Å². The van der Waals surface area contributed by atoms with Crippen LogP contribution in [0.3, 0.4) is 0 Å². The molecule has 0 bridgehead atoms. The van der Waals surface area contributed by atoms with E-state index in [9.17, 15) is 9.59 Å². The van der Waals surface area contributed by atoms with Crippen LogP contribution in [0.5, 0.6) is 0 Å². The third kappa shape index (κ3) is 2.05. The molecule has 16 heavy (non-hydrogen) atoms. The normalized spacial score (nSPS) is 14.8. The first kappa shape index (κ1) is 10.7. The molecule has 1 aliphatic heterocycles. The highest BCUT2D eigenvalue weighted by atomic mass is 16.1. The van der Waals surface area contributed by atoms with E-state index in [2.05, 4.69) is 0 Å². The van der Waals surface area contributed by atoms with Crippen LogP contribution in [0, 0.1) is 0 Å². The Morgan fingerprint density at radius 1 is 1.38 bits per heavy atom. The fourth-order valence-electron chi connectivity index (χ4n) is 1.95. The van der Waals surface area contributed by atoms with Crippen LogP contribution >= 0.6 is 0 Å². The van der Waals surface area contributed by atoms with E-state index in [-0.39, 0.29) is 11.7 Å². The molecule has 0 fully saturated rings. The van der Waals surface area contributed by atoms with Crippen molar-refractivity contribution in [3.05, 3.63) is 29.8 Å². The van der Waals surface area contributed by atoms with Crippen LogP contribution in [0.2, 0.25) is 0 Å². The van der Waals surface area contributed by atoms with Crippen LogP contribution in [0.4, 0.5) is 5.69 Å². The summed E-state index contributed by atoms with van der Waals surface area (Å²) in [4.78, 5) is 24.4. The molecule has 0 aromatic heterocycles. The molecular weight excluding hydrogens is 204 g/mol. The summed E-state index contributed by atoms with van der Waals surface area (Å²) in [6, 6.07) is 7.49. The second-order valence-corrected chi connectivity index (χ2v) is 3.89. The van der Waals surface area contributed by atoms with Gasteiger partial charge < -0.3 is 10.6 Å². The average molecular weight is 218 g/mol. The van der Waals surface area contributed by atoms with Gasteiger partial charge in [0.15, 0.2) is 5.78 Å². The summed E-state index contributed by atoms with van der Waals surface area (Å²) in [7, 11) is 0. The lowest BCUT2D eigenvalue weighted by Crippen LogP contribution is -2.34. The number of hydrogen-bond donors (Lipinski definition) is 1. The van der Waals surface area contributed by atoms with Crippen LogP contribution in [0.15, 0.2) is 24.3 Å². The molecule has 1 amide bonds. The summed E-state index contributed by atoms with van der Waals surface area (Å²) in [5.74, 6) is -0.139. The molecule has 2 rings (SSSR count). The minimum atomic E-state index is -0.311. The number of Topliss-reactive ketones (excluding diaryl/α,β-unsaturated/α-hetero) is 1. The topological polar surface area (TPSA) is 63.4 Å². The number of carbonyl (C=O) groups is 2. The van der Waals surface area contributed by atoms with Gasteiger partial charge in [-0.25, -0.2) is 0 Å². The maximum atomic E-state index is 11.7. The van der Waals surface area contributed by atoms with Gasteiger partial charge in [-0.2, -0.15) is 0 Å². The monoisotopic (exact) mass is 218 g/mol. The summed E-state index contributed by atoms with van der Waals surface area (Å²) < 4.78 is 0. The summed E-state index contributed by atoms with van der Waals surface area (Å²) in [5.41, 5.74) is 6.79. The Labute approximate surface area is 94.0 Å². The SMILES string of the molecule is NC(=O)CCN1CCC(=O)c2ccccc21. The van der Waals surface area contributed by atoms with E-state index in [1.165, 1.54) is 0 Å². The van der Waals surface area contributed by atoms with Crippen molar-refractivity contribution in [2.24, 2.45) is 5.73 Å². The quantitative estimate of drug-likeness (QED) is 0.821. The smallest absolute Gasteiger partial charge is 0.219 e. The maximum Gasteiger partial charge on any atom is 0.219 e. The number of anilines is 1. The van der Waals surface area contributed by atoms with Crippen LogP contribution in [-0.4, -0.2) is 24.8 Å². The predicted octanol–water partition coefficient (Wildman–Crippen LogP) is 0.955. The number of para-hydroxylation sites is 1. The number of nitrogens with zero attached hydrogens (tertiary/aromatic N) is 1. The predicted molar refractivity (Wildman–Crippen MR) is 61.4 cm³/mol. The second-order valence-electron chi connectivity index (χ2n) is 3.89. The standard InChI is InChI=1S/C12H14N2O2/c13-12(16)6-8-14-7-5-11(15)9-3-1-2-4-10(9)14/h1-4H,5-8H2,(H2,13,16).